The van der Waals surface area contributed by atoms with E-state index in [1.54, 1.807) is 4.68 Å². The largest absolute Gasteiger partial charge is 0.320 e. The van der Waals surface area contributed by atoms with Crippen LogP contribution in [0.1, 0.15) is 31.1 Å². The van der Waals surface area contributed by atoms with Crippen molar-refractivity contribution in [1.29, 1.82) is 0 Å². The summed E-state index contributed by atoms with van der Waals surface area (Å²) in [5, 5.41) is 4.33. The molecule has 1 aromatic rings. The van der Waals surface area contributed by atoms with Crippen LogP contribution in [0, 0.1) is 0 Å². The normalized spacial score (nSPS) is 12.9. The molecule has 0 aliphatic carbocycles. The zero-order valence-electron chi connectivity index (χ0n) is 8.54. The molecule has 0 radical (unpaired) electrons. The van der Waals surface area contributed by atoms with Gasteiger partial charge in [0.15, 0.2) is 0 Å². The van der Waals surface area contributed by atoms with E-state index in [9.17, 15) is 0 Å². The topological polar surface area (TPSA) is 43.8 Å². The van der Waals surface area contributed by atoms with Gasteiger partial charge in [-0.15, -0.1) is 0 Å². The van der Waals surface area contributed by atoms with E-state index in [2.05, 4.69) is 18.6 Å². The van der Waals surface area contributed by atoms with Gasteiger partial charge >= 0.3 is 0 Å². The summed E-state index contributed by atoms with van der Waals surface area (Å²) < 4.78 is 1.80. The van der Waals surface area contributed by atoms with Crippen molar-refractivity contribution in [3.63, 3.8) is 0 Å². The molecule has 13 heavy (non-hydrogen) atoms. The second-order valence-corrected chi connectivity index (χ2v) is 3.38. The quantitative estimate of drug-likeness (QED) is 0.715. The fraction of sp³-hybridized carbons (Fsp3) is 0.500. The Morgan fingerprint density at radius 3 is 2.85 bits per heavy atom. The van der Waals surface area contributed by atoms with Crippen LogP contribution in [-0.2, 0) is 13.5 Å². The molecule has 1 unspecified atom stereocenters. The molecule has 0 aromatic carbocycles. The summed E-state index contributed by atoms with van der Waals surface area (Å²) in [5.41, 5.74) is 9.11. The number of rotatable bonds is 3. The molecule has 0 aliphatic rings. The van der Waals surface area contributed by atoms with E-state index >= 15 is 0 Å². The third-order valence-electron chi connectivity index (χ3n) is 2.14. The van der Waals surface area contributed by atoms with E-state index in [1.807, 2.05) is 20.2 Å². The van der Waals surface area contributed by atoms with Gasteiger partial charge in [0.1, 0.15) is 0 Å². The van der Waals surface area contributed by atoms with E-state index in [0.717, 1.165) is 23.3 Å². The fourth-order valence-electron chi connectivity index (χ4n) is 1.35. The fourth-order valence-corrected chi connectivity index (χ4v) is 1.35. The molecule has 0 fully saturated rings. The monoisotopic (exact) mass is 179 g/mol. The Hall–Kier alpha value is -1.09. The highest BCUT2D eigenvalue weighted by atomic mass is 15.3. The van der Waals surface area contributed by atoms with Crippen molar-refractivity contribution >= 4 is 0 Å². The Balaban J connectivity index is 3.05. The summed E-state index contributed by atoms with van der Waals surface area (Å²) in [4.78, 5) is 0. The van der Waals surface area contributed by atoms with Crippen LogP contribution in [-0.4, -0.2) is 9.78 Å². The van der Waals surface area contributed by atoms with E-state index in [0.29, 0.717) is 0 Å². The Bertz CT molecular complexity index is 312. The molecule has 72 valence electrons. The first-order valence-electron chi connectivity index (χ1n) is 4.49. The van der Waals surface area contributed by atoms with Crippen LogP contribution in [0.4, 0.5) is 0 Å². The number of hydrogen-bond donors (Lipinski definition) is 1. The average molecular weight is 179 g/mol. The number of nitrogens with zero attached hydrogens (tertiary/aromatic N) is 2. The summed E-state index contributed by atoms with van der Waals surface area (Å²) in [6, 6.07) is -0.0800. The van der Waals surface area contributed by atoms with Gasteiger partial charge in [-0.05, 0) is 13.3 Å². The van der Waals surface area contributed by atoms with Crippen molar-refractivity contribution in [2.24, 2.45) is 12.8 Å². The van der Waals surface area contributed by atoms with Crippen LogP contribution < -0.4 is 5.73 Å². The van der Waals surface area contributed by atoms with Gasteiger partial charge in [-0.1, -0.05) is 19.1 Å². The van der Waals surface area contributed by atoms with Gasteiger partial charge in [-0.3, -0.25) is 4.68 Å². The molecule has 3 nitrogen and oxygen atoms in total. The van der Waals surface area contributed by atoms with Crippen LogP contribution in [0.3, 0.4) is 0 Å². The summed E-state index contributed by atoms with van der Waals surface area (Å²) >= 11 is 0. The average Bonchev–Trinajstić information content (AvgIpc) is 2.45. The molecule has 0 spiro atoms. The lowest BCUT2D eigenvalue weighted by Gasteiger charge is -2.09. The number of hydrogen-bond acceptors (Lipinski definition) is 2. The first kappa shape index (κ1) is 9.99. The highest BCUT2D eigenvalue weighted by molar-refractivity contribution is 5.27. The molecule has 1 rings (SSSR count). The van der Waals surface area contributed by atoms with Crippen molar-refractivity contribution in [3.05, 3.63) is 29.6 Å². The van der Waals surface area contributed by atoms with E-state index < -0.39 is 0 Å². The molecule has 0 saturated heterocycles. The summed E-state index contributed by atoms with van der Waals surface area (Å²) in [6.07, 6.45) is 2.88. The Labute approximate surface area is 79.2 Å². The minimum Gasteiger partial charge on any atom is -0.320 e. The molecular weight excluding hydrogens is 162 g/mol. The Kier molecular flexibility index (Phi) is 2.88. The van der Waals surface area contributed by atoms with Crippen molar-refractivity contribution in [2.45, 2.75) is 26.3 Å². The van der Waals surface area contributed by atoms with Crippen molar-refractivity contribution in [2.75, 3.05) is 0 Å². The van der Waals surface area contributed by atoms with E-state index in [-0.39, 0.29) is 6.04 Å². The maximum atomic E-state index is 5.97. The first-order chi connectivity index (χ1) is 6.06. The maximum Gasteiger partial charge on any atom is 0.0672 e. The molecular formula is C10H17N3. The highest BCUT2D eigenvalue weighted by Gasteiger charge is 2.13. The summed E-state index contributed by atoms with van der Waals surface area (Å²) in [7, 11) is 1.91. The molecule has 2 N–H and O–H groups in total. The second-order valence-electron chi connectivity index (χ2n) is 3.38. The van der Waals surface area contributed by atoms with Gasteiger partial charge in [0.2, 0.25) is 0 Å². The van der Waals surface area contributed by atoms with Gasteiger partial charge in [-0.2, -0.15) is 5.10 Å². The number of aromatic nitrogens is 2. The third kappa shape index (κ3) is 1.98. The number of aryl methyl sites for hydroxylation is 2. The van der Waals surface area contributed by atoms with Crippen LogP contribution in [0.15, 0.2) is 18.3 Å². The van der Waals surface area contributed by atoms with E-state index in [4.69, 9.17) is 5.73 Å². The van der Waals surface area contributed by atoms with Crippen LogP contribution in [0.2, 0.25) is 0 Å². The van der Waals surface area contributed by atoms with Crippen molar-refractivity contribution in [3.8, 4) is 0 Å². The zero-order valence-corrected chi connectivity index (χ0v) is 8.54. The van der Waals surface area contributed by atoms with Gasteiger partial charge in [0, 0.05) is 18.8 Å². The SMILES string of the molecule is C=C(C)C(N)c1cn(C)nc1CC. The lowest BCUT2D eigenvalue weighted by atomic mass is 10.0. The third-order valence-corrected chi connectivity index (χ3v) is 2.14. The molecule has 1 heterocycles. The minimum atomic E-state index is -0.0800. The van der Waals surface area contributed by atoms with Gasteiger partial charge < -0.3 is 5.73 Å². The van der Waals surface area contributed by atoms with Crippen molar-refractivity contribution < 1.29 is 0 Å². The maximum absolute atomic E-state index is 5.97. The van der Waals surface area contributed by atoms with Crippen LogP contribution >= 0.6 is 0 Å². The predicted octanol–water partition coefficient (Wildman–Crippen LogP) is 1.56. The molecule has 1 atom stereocenters. The van der Waals surface area contributed by atoms with Crippen molar-refractivity contribution in [1.82, 2.24) is 9.78 Å². The lowest BCUT2D eigenvalue weighted by molar-refractivity contribution is 0.746. The van der Waals surface area contributed by atoms with E-state index in [1.165, 1.54) is 0 Å². The second kappa shape index (κ2) is 3.75. The van der Waals surface area contributed by atoms with Gasteiger partial charge in [0.25, 0.3) is 0 Å². The molecule has 3 heteroatoms. The van der Waals surface area contributed by atoms with Gasteiger partial charge in [0.05, 0.1) is 11.7 Å². The van der Waals surface area contributed by atoms with Gasteiger partial charge in [-0.25, -0.2) is 0 Å². The minimum absolute atomic E-state index is 0.0800. The van der Waals surface area contributed by atoms with Crippen LogP contribution in [0.25, 0.3) is 0 Å². The summed E-state index contributed by atoms with van der Waals surface area (Å²) in [6.45, 7) is 7.88. The lowest BCUT2D eigenvalue weighted by Crippen LogP contribution is -2.11. The molecule has 0 saturated carbocycles. The molecule has 0 aliphatic heterocycles. The predicted molar refractivity (Wildman–Crippen MR) is 54.3 cm³/mol. The smallest absolute Gasteiger partial charge is 0.0672 e. The molecule has 1 aromatic heterocycles. The standard InChI is InChI=1S/C10H17N3/c1-5-9-8(6-13(4)12-9)10(11)7(2)3/h6,10H,2,5,11H2,1,3-4H3. The highest BCUT2D eigenvalue weighted by Crippen LogP contribution is 2.20. The van der Waals surface area contributed by atoms with Crippen LogP contribution in [0.5, 0.6) is 0 Å². The summed E-state index contributed by atoms with van der Waals surface area (Å²) in [5.74, 6) is 0. The Morgan fingerprint density at radius 1 is 1.77 bits per heavy atom. The Morgan fingerprint density at radius 2 is 2.38 bits per heavy atom. The number of nitrogens with two attached hydrogens (primary N) is 1. The first-order valence-corrected chi connectivity index (χ1v) is 4.49. The molecule has 0 bridgehead atoms. The molecule has 0 amide bonds. The zero-order chi connectivity index (χ0) is 10.0.